The highest BCUT2D eigenvalue weighted by molar-refractivity contribution is 5.41. The Morgan fingerprint density at radius 2 is 1.32 bits per heavy atom. The lowest BCUT2D eigenvalue weighted by Crippen LogP contribution is -2.52. The van der Waals surface area contributed by atoms with Crippen LogP contribution >= 0.6 is 0 Å². The molecule has 0 amide bonds. The van der Waals surface area contributed by atoms with Gasteiger partial charge >= 0.3 is 0 Å². The van der Waals surface area contributed by atoms with E-state index in [-0.39, 0.29) is 29.1 Å². The van der Waals surface area contributed by atoms with Crippen LogP contribution in [0.15, 0.2) is 48.5 Å². The first kappa shape index (κ1) is 26.5. The van der Waals surface area contributed by atoms with Gasteiger partial charge in [-0.3, -0.25) is 0 Å². The molecule has 3 unspecified atom stereocenters. The van der Waals surface area contributed by atoms with Crippen molar-refractivity contribution in [3.63, 3.8) is 0 Å². The van der Waals surface area contributed by atoms with Gasteiger partial charge in [-0.2, -0.15) is 0 Å². The Balaban J connectivity index is 1.51. The van der Waals surface area contributed by atoms with E-state index in [9.17, 15) is 5.11 Å². The molecule has 34 heavy (non-hydrogen) atoms. The molecule has 0 saturated carbocycles. The zero-order valence-corrected chi connectivity index (χ0v) is 22.1. The van der Waals surface area contributed by atoms with Gasteiger partial charge in [0.2, 0.25) is 0 Å². The van der Waals surface area contributed by atoms with Gasteiger partial charge in [0.25, 0.3) is 0 Å². The number of rotatable bonds is 11. The SMILES string of the molecule is CC1OC1COc1ccc(C(C)(C)c2ccc(OCC(O)CNC(C)(C)C(C)(C)C)cc2)cc1. The van der Waals surface area contributed by atoms with Gasteiger partial charge in [0, 0.05) is 17.5 Å². The van der Waals surface area contributed by atoms with E-state index < -0.39 is 6.10 Å². The van der Waals surface area contributed by atoms with Crippen molar-refractivity contribution in [1.29, 1.82) is 0 Å². The average molecular weight is 470 g/mol. The minimum absolute atomic E-state index is 0.0876. The maximum Gasteiger partial charge on any atom is 0.119 e. The van der Waals surface area contributed by atoms with Crippen molar-refractivity contribution in [3.05, 3.63) is 59.7 Å². The van der Waals surface area contributed by atoms with Crippen molar-refractivity contribution in [3.8, 4) is 11.5 Å². The molecule has 0 spiro atoms. The lowest BCUT2D eigenvalue weighted by molar-refractivity contribution is 0.0831. The topological polar surface area (TPSA) is 63.2 Å². The molecule has 5 nitrogen and oxygen atoms in total. The molecule has 2 N–H and O–H groups in total. The molecule has 188 valence electrons. The molecule has 1 aliphatic heterocycles. The Morgan fingerprint density at radius 1 is 0.853 bits per heavy atom. The Bertz CT molecular complexity index is 913. The Labute approximate surface area is 205 Å². The molecule has 1 aliphatic rings. The lowest BCUT2D eigenvalue weighted by Gasteiger charge is -2.40. The minimum Gasteiger partial charge on any atom is -0.491 e. The van der Waals surface area contributed by atoms with E-state index in [2.05, 4.69) is 85.0 Å². The number of β-amino-alcohol motifs (C(OH)–C–C–N with tert-alkyl or cyclic N) is 1. The van der Waals surface area contributed by atoms with Crippen molar-refractivity contribution in [2.24, 2.45) is 5.41 Å². The number of benzene rings is 2. The van der Waals surface area contributed by atoms with Gasteiger partial charge in [-0.25, -0.2) is 0 Å². The highest BCUT2D eigenvalue weighted by Crippen LogP contribution is 2.34. The summed E-state index contributed by atoms with van der Waals surface area (Å²) in [6, 6.07) is 16.4. The molecular formula is C29H43NO4. The van der Waals surface area contributed by atoms with Crippen LogP contribution in [0.3, 0.4) is 0 Å². The second kappa shape index (κ2) is 10.3. The van der Waals surface area contributed by atoms with Crippen LogP contribution in [-0.2, 0) is 10.2 Å². The third-order valence-electron chi connectivity index (χ3n) is 7.50. The molecule has 2 aromatic carbocycles. The Kier molecular flexibility index (Phi) is 8.01. The zero-order chi connectivity index (χ0) is 25.1. The van der Waals surface area contributed by atoms with Crippen molar-refractivity contribution in [1.82, 2.24) is 5.32 Å². The number of aliphatic hydroxyl groups excluding tert-OH is 1. The fraction of sp³-hybridized carbons (Fsp3) is 0.586. The quantitative estimate of drug-likeness (QED) is 0.436. The van der Waals surface area contributed by atoms with E-state index in [4.69, 9.17) is 14.2 Å². The van der Waals surface area contributed by atoms with Crippen LogP contribution in [0.4, 0.5) is 0 Å². The van der Waals surface area contributed by atoms with Gasteiger partial charge in [0.1, 0.15) is 36.9 Å². The molecule has 3 rings (SSSR count). The zero-order valence-electron chi connectivity index (χ0n) is 22.1. The predicted molar refractivity (Wildman–Crippen MR) is 138 cm³/mol. The van der Waals surface area contributed by atoms with Crippen molar-refractivity contribution in [2.75, 3.05) is 19.8 Å². The summed E-state index contributed by atoms with van der Waals surface area (Å²) in [7, 11) is 0. The summed E-state index contributed by atoms with van der Waals surface area (Å²) >= 11 is 0. The normalized spacial score (nSPS) is 19.6. The van der Waals surface area contributed by atoms with Crippen LogP contribution in [-0.4, -0.2) is 48.7 Å². The highest BCUT2D eigenvalue weighted by atomic mass is 16.6. The predicted octanol–water partition coefficient (Wildman–Crippen LogP) is 5.33. The first-order chi connectivity index (χ1) is 15.8. The number of ether oxygens (including phenoxy) is 3. The Morgan fingerprint density at radius 3 is 1.76 bits per heavy atom. The maximum absolute atomic E-state index is 10.4. The molecule has 1 fully saturated rings. The standard InChI is InChI=1S/C29H43NO4/c1-20-26(34-20)19-33-25-15-11-22(12-16-25)28(5,6)21-9-13-24(14-10-21)32-18-23(31)17-30-29(7,8)27(2,3)4/h9-16,20,23,26,30-31H,17-19H2,1-8H3. The van der Waals surface area contributed by atoms with Gasteiger partial charge < -0.3 is 24.6 Å². The highest BCUT2D eigenvalue weighted by Gasteiger charge is 2.35. The number of epoxide rings is 1. The van der Waals surface area contributed by atoms with Crippen molar-refractivity contribution in [2.45, 2.75) is 84.7 Å². The maximum atomic E-state index is 10.4. The van der Waals surface area contributed by atoms with E-state index in [1.807, 2.05) is 24.3 Å². The van der Waals surface area contributed by atoms with E-state index in [1.54, 1.807) is 0 Å². The molecule has 0 radical (unpaired) electrons. The summed E-state index contributed by atoms with van der Waals surface area (Å²) in [6.07, 6.45) is -0.0385. The van der Waals surface area contributed by atoms with Crippen LogP contribution in [0.5, 0.6) is 11.5 Å². The van der Waals surface area contributed by atoms with Gasteiger partial charge in [0.05, 0.1) is 6.10 Å². The summed E-state index contributed by atoms with van der Waals surface area (Å²) in [5, 5.41) is 13.8. The summed E-state index contributed by atoms with van der Waals surface area (Å²) in [5.74, 6) is 1.62. The van der Waals surface area contributed by atoms with Crippen LogP contribution in [0.25, 0.3) is 0 Å². The summed E-state index contributed by atoms with van der Waals surface area (Å²) in [6.45, 7) is 18.7. The number of nitrogens with one attached hydrogen (secondary N) is 1. The van der Waals surface area contributed by atoms with Crippen LogP contribution in [0, 0.1) is 5.41 Å². The van der Waals surface area contributed by atoms with E-state index in [1.165, 1.54) is 11.1 Å². The fourth-order valence-electron chi connectivity index (χ4n) is 3.58. The van der Waals surface area contributed by atoms with Gasteiger partial charge in [-0.15, -0.1) is 0 Å². The molecule has 0 aliphatic carbocycles. The van der Waals surface area contributed by atoms with Crippen molar-refractivity contribution < 1.29 is 19.3 Å². The second-order valence-corrected chi connectivity index (χ2v) is 11.6. The van der Waals surface area contributed by atoms with Crippen LogP contribution in [0.1, 0.15) is 66.5 Å². The molecule has 0 bridgehead atoms. The summed E-state index contributed by atoms with van der Waals surface area (Å²) in [5.41, 5.74) is 2.26. The number of hydrogen-bond donors (Lipinski definition) is 2. The fourth-order valence-corrected chi connectivity index (χ4v) is 3.58. The minimum atomic E-state index is -0.576. The summed E-state index contributed by atoms with van der Waals surface area (Å²) < 4.78 is 17.1. The monoisotopic (exact) mass is 469 g/mol. The van der Waals surface area contributed by atoms with Gasteiger partial charge in [-0.05, 0) is 61.6 Å². The molecule has 3 atom stereocenters. The third-order valence-corrected chi connectivity index (χ3v) is 7.50. The molecule has 5 heteroatoms. The van der Waals surface area contributed by atoms with Crippen molar-refractivity contribution >= 4 is 0 Å². The largest absolute Gasteiger partial charge is 0.491 e. The van der Waals surface area contributed by atoms with E-state index in [0.717, 1.165) is 11.5 Å². The number of hydrogen-bond acceptors (Lipinski definition) is 5. The molecule has 0 aromatic heterocycles. The Hall–Kier alpha value is -2.08. The van der Waals surface area contributed by atoms with Gasteiger partial charge in [-0.1, -0.05) is 58.9 Å². The molecule has 1 saturated heterocycles. The van der Waals surface area contributed by atoms with E-state index in [0.29, 0.717) is 19.3 Å². The summed E-state index contributed by atoms with van der Waals surface area (Å²) in [4.78, 5) is 0. The molecular weight excluding hydrogens is 426 g/mol. The lowest BCUT2D eigenvalue weighted by atomic mass is 9.76. The van der Waals surface area contributed by atoms with Crippen LogP contribution < -0.4 is 14.8 Å². The second-order valence-electron chi connectivity index (χ2n) is 11.6. The van der Waals surface area contributed by atoms with Gasteiger partial charge in [0.15, 0.2) is 0 Å². The molecule has 1 heterocycles. The smallest absolute Gasteiger partial charge is 0.119 e. The third kappa shape index (κ3) is 6.74. The average Bonchev–Trinajstić information content (AvgIpc) is 3.49. The van der Waals surface area contributed by atoms with E-state index >= 15 is 0 Å². The van der Waals surface area contributed by atoms with Crippen LogP contribution in [0.2, 0.25) is 0 Å². The first-order valence-electron chi connectivity index (χ1n) is 12.3. The molecule has 2 aromatic rings. The number of aliphatic hydroxyl groups is 1. The first-order valence-corrected chi connectivity index (χ1v) is 12.3.